The predicted octanol–water partition coefficient (Wildman–Crippen LogP) is 3.60. The first kappa shape index (κ1) is 16.8. The molecule has 3 heterocycles. The standard InChI is InChI=1S/C19H19N5O/c1-4-13(3)24-19-16(11-22-24)14(9-12(2)23-19)18(25)15(10-20)17-7-5-6-8-21-17/h5-9,11,13,15H,4H2,1-3H3. The molecule has 0 aromatic carbocycles. The zero-order chi connectivity index (χ0) is 18.0. The molecular weight excluding hydrogens is 314 g/mol. The van der Waals surface area contributed by atoms with Gasteiger partial charge in [0.1, 0.15) is 0 Å². The van der Waals surface area contributed by atoms with Crippen LogP contribution in [0.2, 0.25) is 0 Å². The number of aryl methyl sites for hydroxylation is 1. The van der Waals surface area contributed by atoms with Crippen LogP contribution in [0.3, 0.4) is 0 Å². The summed E-state index contributed by atoms with van der Waals surface area (Å²) in [6, 6.07) is 9.21. The molecule has 2 unspecified atom stereocenters. The highest BCUT2D eigenvalue weighted by Crippen LogP contribution is 2.26. The summed E-state index contributed by atoms with van der Waals surface area (Å²) in [4.78, 5) is 21.8. The fourth-order valence-corrected chi connectivity index (χ4v) is 2.80. The third-order valence-corrected chi connectivity index (χ3v) is 4.34. The van der Waals surface area contributed by atoms with Gasteiger partial charge >= 0.3 is 0 Å². The molecule has 0 N–H and O–H groups in total. The molecule has 0 radical (unpaired) electrons. The van der Waals surface area contributed by atoms with E-state index in [1.807, 2.05) is 11.6 Å². The van der Waals surface area contributed by atoms with Gasteiger partial charge in [-0.05, 0) is 38.5 Å². The third kappa shape index (κ3) is 3.01. The molecule has 0 saturated heterocycles. The summed E-state index contributed by atoms with van der Waals surface area (Å²) in [6.45, 7) is 5.98. The zero-order valence-corrected chi connectivity index (χ0v) is 14.5. The van der Waals surface area contributed by atoms with Gasteiger partial charge in [-0.1, -0.05) is 13.0 Å². The van der Waals surface area contributed by atoms with E-state index >= 15 is 0 Å². The first-order chi connectivity index (χ1) is 12.1. The van der Waals surface area contributed by atoms with Gasteiger partial charge < -0.3 is 0 Å². The number of hydrogen-bond donors (Lipinski definition) is 0. The van der Waals surface area contributed by atoms with Gasteiger partial charge in [0, 0.05) is 22.8 Å². The number of nitriles is 1. The van der Waals surface area contributed by atoms with Crippen molar-refractivity contribution in [3.63, 3.8) is 0 Å². The topological polar surface area (TPSA) is 84.5 Å². The monoisotopic (exact) mass is 333 g/mol. The van der Waals surface area contributed by atoms with Crippen molar-refractivity contribution >= 4 is 16.8 Å². The van der Waals surface area contributed by atoms with Crippen LogP contribution >= 0.6 is 0 Å². The number of Topliss-reactive ketones (excluding diaryl/α,β-unsaturated/α-hetero) is 1. The summed E-state index contributed by atoms with van der Waals surface area (Å²) in [7, 11) is 0. The van der Waals surface area contributed by atoms with Crippen molar-refractivity contribution < 1.29 is 4.79 Å². The maximum atomic E-state index is 13.1. The van der Waals surface area contributed by atoms with Crippen LogP contribution in [-0.2, 0) is 0 Å². The first-order valence-electron chi connectivity index (χ1n) is 8.26. The molecule has 0 bridgehead atoms. The summed E-state index contributed by atoms with van der Waals surface area (Å²) in [5.74, 6) is -1.22. The van der Waals surface area contributed by atoms with E-state index in [1.165, 1.54) is 0 Å². The van der Waals surface area contributed by atoms with Gasteiger partial charge in [0.15, 0.2) is 17.3 Å². The van der Waals surface area contributed by atoms with Crippen molar-refractivity contribution in [3.05, 3.63) is 53.6 Å². The molecule has 6 nitrogen and oxygen atoms in total. The predicted molar refractivity (Wildman–Crippen MR) is 94.2 cm³/mol. The second-order valence-electron chi connectivity index (χ2n) is 6.08. The van der Waals surface area contributed by atoms with Crippen LogP contribution < -0.4 is 0 Å². The van der Waals surface area contributed by atoms with Crippen LogP contribution in [-0.4, -0.2) is 25.5 Å². The van der Waals surface area contributed by atoms with Crippen molar-refractivity contribution in [1.29, 1.82) is 5.26 Å². The van der Waals surface area contributed by atoms with Gasteiger partial charge in [-0.15, -0.1) is 0 Å². The van der Waals surface area contributed by atoms with Crippen molar-refractivity contribution in [2.45, 2.75) is 39.2 Å². The lowest BCUT2D eigenvalue weighted by Crippen LogP contribution is -2.14. The molecule has 3 aromatic rings. The van der Waals surface area contributed by atoms with Gasteiger partial charge in [-0.2, -0.15) is 10.4 Å². The number of rotatable bonds is 5. The van der Waals surface area contributed by atoms with Crippen LogP contribution in [0, 0.1) is 18.3 Å². The lowest BCUT2D eigenvalue weighted by molar-refractivity contribution is 0.0979. The molecule has 2 atom stereocenters. The van der Waals surface area contributed by atoms with Crippen LogP contribution in [0.1, 0.15) is 54.0 Å². The van der Waals surface area contributed by atoms with E-state index in [4.69, 9.17) is 0 Å². The molecule has 126 valence electrons. The Morgan fingerprint density at radius 2 is 2.20 bits per heavy atom. The normalized spacial score (nSPS) is 13.4. The minimum atomic E-state index is -0.946. The summed E-state index contributed by atoms with van der Waals surface area (Å²) < 4.78 is 1.83. The fraction of sp³-hybridized carbons (Fsp3) is 0.316. The Morgan fingerprint density at radius 1 is 1.40 bits per heavy atom. The number of fused-ring (bicyclic) bond motifs is 1. The Kier molecular flexibility index (Phi) is 4.57. The Balaban J connectivity index is 2.13. The van der Waals surface area contributed by atoms with Gasteiger partial charge in [-0.3, -0.25) is 9.78 Å². The van der Waals surface area contributed by atoms with Crippen LogP contribution in [0.25, 0.3) is 11.0 Å². The van der Waals surface area contributed by atoms with Crippen molar-refractivity contribution in [3.8, 4) is 6.07 Å². The minimum Gasteiger partial charge on any atom is -0.292 e. The Labute approximate surface area is 146 Å². The van der Waals surface area contributed by atoms with Gasteiger partial charge in [0.2, 0.25) is 0 Å². The van der Waals surface area contributed by atoms with Crippen LogP contribution in [0.15, 0.2) is 36.7 Å². The first-order valence-corrected chi connectivity index (χ1v) is 8.26. The van der Waals surface area contributed by atoms with E-state index in [1.54, 1.807) is 36.7 Å². The van der Waals surface area contributed by atoms with Crippen LogP contribution in [0.4, 0.5) is 0 Å². The largest absolute Gasteiger partial charge is 0.292 e. The molecule has 0 aliphatic rings. The van der Waals surface area contributed by atoms with Crippen molar-refractivity contribution in [2.24, 2.45) is 0 Å². The maximum Gasteiger partial charge on any atom is 0.186 e. The molecule has 0 spiro atoms. The summed E-state index contributed by atoms with van der Waals surface area (Å²) >= 11 is 0. The molecule has 0 aliphatic heterocycles. The number of pyridine rings is 2. The minimum absolute atomic E-state index is 0.178. The number of nitrogens with zero attached hydrogens (tertiary/aromatic N) is 5. The van der Waals surface area contributed by atoms with Crippen LogP contribution in [0.5, 0.6) is 0 Å². The molecular formula is C19H19N5O. The van der Waals surface area contributed by atoms with Gasteiger partial charge in [-0.25, -0.2) is 9.67 Å². The molecule has 0 saturated carbocycles. The highest BCUT2D eigenvalue weighted by molar-refractivity contribution is 6.10. The van der Waals surface area contributed by atoms with E-state index < -0.39 is 5.92 Å². The number of carbonyl (C=O) groups is 1. The van der Waals surface area contributed by atoms with Crippen molar-refractivity contribution in [1.82, 2.24) is 19.7 Å². The second kappa shape index (κ2) is 6.81. The summed E-state index contributed by atoms with van der Waals surface area (Å²) in [5, 5.41) is 14.6. The molecule has 0 amide bonds. The number of aromatic nitrogens is 4. The molecule has 25 heavy (non-hydrogen) atoms. The quantitative estimate of drug-likeness (QED) is 0.666. The SMILES string of the molecule is CCC(C)n1ncc2c(C(=O)C(C#N)c3ccccn3)cc(C)nc21. The Morgan fingerprint density at radius 3 is 2.84 bits per heavy atom. The van der Waals surface area contributed by atoms with Crippen molar-refractivity contribution in [2.75, 3.05) is 0 Å². The van der Waals surface area contributed by atoms with Gasteiger partial charge in [0.25, 0.3) is 0 Å². The average Bonchev–Trinajstić information content (AvgIpc) is 3.05. The van der Waals surface area contributed by atoms with E-state index in [-0.39, 0.29) is 11.8 Å². The summed E-state index contributed by atoms with van der Waals surface area (Å²) in [5.41, 5.74) is 2.32. The molecule has 3 rings (SSSR count). The second-order valence-corrected chi connectivity index (χ2v) is 6.08. The van der Waals surface area contributed by atoms with E-state index in [0.717, 1.165) is 12.1 Å². The zero-order valence-electron chi connectivity index (χ0n) is 14.5. The highest BCUT2D eigenvalue weighted by Gasteiger charge is 2.26. The van der Waals surface area contributed by atoms with E-state index in [0.29, 0.717) is 22.3 Å². The number of hydrogen-bond acceptors (Lipinski definition) is 5. The number of ketones is 1. The maximum absolute atomic E-state index is 13.1. The third-order valence-electron chi connectivity index (χ3n) is 4.34. The fourth-order valence-electron chi connectivity index (χ4n) is 2.80. The Bertz CT molecular complexity index is 955. The summed E-state index contributed by atoms with van der Waals surface area (Å²) in [6.07, 6.45) is 4.15. The number of carbonyl (C=O) groups excluding carboxylic acids is 1. The Hall–Kier alpha value is -3.07. The highest BCUT2D eigenvalue weighted by atomic mass is 16.1. The van der Waals surface area contributed by atoms with Gasteiger partial charge in [0.05, 0.1) is 24.0 Å². The average molecular weight is 333 g/mol. The molecule has 0 aliphatic carbocycles. The van der Waals surface area contributed by atoms with E-state index in [9.17, 15) is 10.1 Å². The lowest BCUT2D eigenvalue weighted by atomic mass is 9.94. The smallest absolute Gasteiger partial charge is 0.186 e. The lowest BCUT2D eigenvalue weighted by Gasteiger charge is -2.12. The molecule has 0 fully saturated rings. The molecule has 3 aromatic heterocycles. The van der Waals surface area contributed by atoms with E-state index in [2.05, 4.69) is 35.0 Å². The molecule has 6 heteroatoms.